The second-order valence-electron chi connectivity index (χ2n) is 7.07. The van der Waals surface area contributed by atoms with E-state index in [9.17, 15) is 0 Å². The lowest BCUT2D eigenvalue weighted by molar-refractivity contribution is -0.885. The first kappa shape index (κ1) is 17.7. The first-order valence-electron chi connectivity index (χ1n) is 9.12. The zero-order chi connectivity index (χ0) is 15.5. The molecular weight excluding hydrogens is 407 g/mol. The molecule has 0 spiro atoms. The number of quaternary nitrogens is 1. The number of rotatable bonds is 5. The highest BCUT2D eigenvalue weighted by atomic mass is 127. The first-order chi connectivity index (χ1) is 11.4. The molecule has 1 heterocycles. The molecule has 0 bridgehead atoms. The zero-order valence-electron chi connectivity index (χ0n) is 14.3. The van der Waals surface area contributed by atoms with Crippen LogP contribution in [0.4, 0.5) is 5.69 Å². The predicted molar refractivity (Wildman–Crippen MR) is 96.2 cm³/mol. The average Bonchev–Trinajstić information content (AvgIpc) is 3.25. The van der Waals surface area contributed by atoms with Gasteiger partial charge >= 0.3 is 0 Å². The van der Waals surface area contributed by atoms with Gasteiger partial charge in [0.05, 0.1) is 26.2 Å². The van der Waals surface area contributed by atoms with E-state index in [1.165, 1.54) is 57.5 Å². The molecule has 2 aromatic rings. The Morgan fingerprint density at radius 1 is 0.833 bits per heavy atom. The lowest BCUT2D eigenvalue weighted by atomic mass is 10.1. The topological polar surface area (TPSA) is 7.68 Å². The van der Waals surface area contributed by atoms with Crippen LogP contribution in [0.2, 0.25) is 0 Å². The van der Waals surface area contributed by atoms with Crippen molar-refractivity contribution in [1.29, 1.82) is 0 Å². The number of anilines is 1. The summed E-state index contributed by atoms with van der Waals surface area (Å²) in [7, 11) is 0. The molecular formula is C21H27IN2. The highest BCUT2D eigenvalue weighted by molar-refractivity contribution is 5.49. The van der Waals surface area contributed by atoms with E-state index in [1.807, 2.05) is 0 Å². The summed E-state index contributed by atoms with van der Waals surface area (Å²) in [5.74, 6) is 0. The summed E-state index contributed by atoms with van der Waals surface area (Å²) in [6.45, 7) is 5.20. The Labute approximate surface area is 162 Å². The number of hydrogen-bond donors (Lipinski definition) is 1. The summed E-state index contributed by atoms with van der Waals surface area (Å²) >= 11 is 0. The Kier molecular flexibility index (Phi) is 6.17. The van der Waals surface area contributed by atoms with Gasteiger partial charge < -0.3 is 33.8 Å². The molecule has 3 heteroatoms. The molecule has 2 aliphatic rings. The van der Waals surface area contributed by atoms with E-state index in [0.717, 1.165) is 0 Å². The molecule has 1 fully saturated rings. The molecule has 1 N–H and O–H groups in total. The van der Waals surface area contributed by atoms with Crippen LogP contribution in [0.25, 0.3) is 0 Å². The van der Waals surface area contributed by atoms with Crippen LogP contribution in [0.15, 0.2) is 54.6 Å². The van der Waals surface area contributed by atoms with Crippen LogP contribution in [0.3, 0.4) is 0 Å². The molecule has 1 aliphatic carbocycles. The predicted octanol–water partition coefficient (Wildman–Crippen LogP) is -0.657. The molecule has 0 aromatic heterocycles. The lowest BCUT2D eigenvalue weighted by Gasteiger charge is -2.32. The van der Waals surface area contributed by atoms with Crippen molar-refractivity contribution in [3.05, 3.63) is 65.7 Å². The Balaban J connectivity index is 0.00000169. The van der Waals surface area contributed by atoms with Crippen LogP contribution in [-0.4, -0.2) is 32.2 Å². The number of benzene rings is 2. The van der Waals surface area contributed by atoms with E-state index in [-0.39, 0.29) is 24.0 Å². The zero-order valence-corrected chi connectivity index (χ0v) is 16.4. The van der Waals surface area contributed by atoms with E-state index >= 15 is 0 Å². The summed E-state index contributed by atoms with van der Waals surface area (Å²) in [6, 6.07) is 20.6. The van der Waals surface area contributed by atoms with Gasteiger partial charge in [0, 0.05) is 24.6 Å². The van der Waals surface area contributed by atoms with Gasteiger partial charge in [-0.2, -0.15) is 0 Å². The highest BCUT2D eigenvalue weighted by Gasteiger charge is 2.28. The van der Waals surface area contributed by atoms with Crippen molar-refractivity contribution in [1.82, 2.24) is 0 Å². The number of hydrogen-bond acceptors (Lipinski definition) is 1. The fourth-order valence-electron chi connectivity index (χ4n) is 4.30. The summed E-state index contributed by atoms with van der Waals surface area (Å²) < 4.78 is 0. The molecule has 128 valence electrons. The maximum absolute atomic E-state index is 2.67. The van der Waals surface area contributed by atoms with Crippen LogP contribution in [0.5, 0.6) is 0 Å². The van der Waals surface area contributed by atoms with Crippen LogP contribution >= 0.6 is 0 Å². The molecule has 24 heavy (non-hydrogen) atoms. The molecule has 1 saturated heterocycles. The molecule has 0 atom stereocenters. The van der Waals surface area contributed by atoms with Gasteiger partial charge in [-0.05, 0) is 36.1 Å². The van der Waals surface area contributed by atoms with E-state index in [0.29, 0.717) is 6.04 Å². The van der Waals surface area contributed by atoms with E-state index in [4.69, 9.17) is 0 Å². The summed E-state index contributed by atoms with van der Waals surface area (Å²) in [6.07, 6.45) is 5.21. The second-order valence-corrected chi connectivity index (χ2v) is 7.07. The smallest absolute Gasteiger partial charge is 0.0949 e. The van der Waals surface area contributed by atoms with Crippen LogP contribution in [0, 0.1) is 0 Å². The molecule has 2 aromatic carbocycles. The minimum atomic E-state index is 0. The van der Waals surface area contributed by atoms with Crippen LogP contribution in [0.1, 0.15) is 24.0 Å². The van der Waals surface area contributed by atoms with Crippen molar-refractivity contribution >= 4 is 5.69 Å². The Morgan fingerprint density at radius 3 is 2.04 bits per heavy atom. The van der Waals surface area contributed by atoms with Gasteiger partial charge in [0.2, 0.25) is 0 Å². The monoisotopic (exact) mass is 434 g/mol. The largest absolute Gasteiger partial charge is 1.00 e. The van der Waals surface area contributed by atoms with Gasteiger partial charge in [0.1, 0.15) is 0 Å². The third-order valence-electron chi connectivity index (χ3n) is 5.57. The minimum Gasteiger partial charge on any atom is -1.00 e. The van der Waals surface area contributed by atoms with Crippen molar-refractivity contribution in [3.63, 3.8) is 0 Å². The van der Waals surface area contributed by atoms with E-state index < -0.39 is 0 Å². The van der Waals surface area contributed by atoms with Gasteiger partial charge in [-0.25, -0.2) is 0 Å². The molecule has 0 unspecified atom stereocenters. The van der Waals surface area contributed by atoms with Crippen molar-refractivity contribution in [2.75, 3.05) is 31.1 Å². The van der Waals surface area contributed by atoms with Gasteiger partial charge in [0.15, 0.2) is 0 Å². The maximum atomic E-state index is 2.67. The summed E-state index contributed by atoms with van der Waals surface area (Å²) in [4.78, 5) is 4.46. The van der Waals surface area contributed by atoms with E-state index in [1.54, 1.807) is 16.0 Å². The Bertz CT molecular complexity index is 612. The fraction of sp³-hybridized carbons (Fsp3) is 0.429. The number of likely N-dealkylation sites (tertiary alicyclic amines) is 1. The third-order valence-corrected chi connectivity index (χ3v) is 5.57. The van der Waals surface area contributed by atoms with E-state index in [2.05, 4.69) is 59.5 Å². The molecule has 0 saturated carbocycles. The molecule has 4 rings (SSSR count). The lowest BCUT2D eigenvalue weighted by Crippen LogP contribution is -3.10. The van der Waals surface area contributed by atoms with Crippen LogP contribution in [-0.2, 0) is 12.8 Å². The summed E-state index contributed by atoms with van der Waals surface area (Å²) in [5.41, 5.74) is 4.49. The number of para-hydroxylation sites is 1. The van der Waals surface area contributed by atoms with Crippen molar-refractivity contribution in [2.45, 2.75) is 31.7 Å². The van der Waals surface area contributed by atoms with Gasteiger partial charge in [-0.3, -0.25) is 0 Å². The molecule has 0 radical (unpaired) electrons. The van der Waals surface area contributed by atoms with Crippen molar-refractivity contribution in [2.24, 2.45) is 0 Å². The SMILES string of the molecule is [I-].c1ccc(N(CC[NH+]2CCCC2)C2Cc3ccccc3C2)cc1. The Hall–Kier alpha value is -1.07. The third kappa shape index (κ3) is 3.94. The van der Waals surface area contributed by atoms with Crippen molar-refractivity contribution in [3.8, 4) is 0 Å². The maximum Gasteiger partial charge on any atom is 0.0949 e. The average molecular weight is 434 g/mol. The highest BCUT2D eigenvalue weighted by Crippen LogP contribution is 2.28. The minimum absolute atomic E-state index is 0. The number of nitrogens with zero attached hydrogens (tertiary/aromatic N) is 1. The molecule has 1 aliphatic heterocycles. The van der Waals surface area contributed by atoms with Crippen molar-refractivity contribution < 1.29 is 28.9 Å². The standard InChI is InChI=1S/C21H26N2.HI/c1-2-10-20(11-3-1)23(15-14-22-12-6-7-13-22)21-16-18-8-4-5-9-19(18)17-21;/h1-5,8-11,21H,6-7,12-17H2;1H. The summed E-state index contributed by atoms with van der Waals surface area (Å²) in [5, 5.41) is 0. The van der Waals surface area contributed by atoms with Crippen LogP contribution < -0.4 is 33.8 Å². The number of fused-ring (bicyclic) bond motifs is 1. The quantitative estimate of drug-likeness (QED) is 0.615. The van der Waals surface area contributed by atoms with Gasteiger partial charge in [0.25, 0.3) is 0 Å². The fourth-order valence-corrected chi connectivity index (χ4v) is 4.30. The second kappa shape index (κ2) is 8.34. The number of halogens is 1. The number of nitrogens with one attached hydrogen (secondary N) is 1. The molecule has 0 amide bonds. The molecule has 2 nitrogen and oxygen atoms in total. The first-order valence-corrected chi connectivity index (χ1v) is 9.12. The normalized spacial score (nSPS) is 17.5. The van der Waals surface area contributed by atoms with Gasteiger partial charge in [-0.15, -0.1) is 0 Å². The van der Waals surface area contributed by atoms with Gasteiger partial charge in [-0.1, -0.05) is 42.5 Å². The Morgan fingerprint density at radius 2 is 1.42 bits per heavy atom.